The van der Waals surface area contributed by atoms with Gasteiger partial charge in [-0.1, -0.05) is 68.8 Å². The fourth-order valence-electron chi connectivity index (χ4n) is 4.16. The summed E-state index contributed by atoms with van der Waals surface area (Å²) in [5.74, 6) is 0.0453. The highest BCUT2D eigenvalue weighted by Crippen LogP contribution is 2.49. The quantitative estimate of drug-likeness (QED) is 0.454. The molecule has 3 heteroatoms. The molecule has 4 rings (SSSR count). The fraction of sp³-hybridized carbons (Fsp3) is 0.269. The molecule has 2 nitrogen and oxygen atoms in total. The number of nitrogens with zero attached hydrogens (tertiary/aromatic N) is 1. The molecule has 0 N–H and O–H groups in total. The van der Waals surface area contributed by atoms with Crippen LogP contribution < -0.4 is 4.90 Å². The number of fused-ring (bicyclic) bond motifs is 1. The van der Waals surface area contributed by atoms with Crippen molar-refractivity contribution < 1.29 is 4.79 Å². The van der Waals surface area contributed by atoms with Crippen molar-refractivity contribution in [2.75, 3.05) is 4.90 Å². The van der Waals surface area contributed by atoms with Gasteiger partial charge >= 0.3 is 0 Å². The highest BCUT2D eigenvalue weighted by molar-refractivity contribution is 6.31. The van der Waals surface area contributed by atoms with Crippen molar-refractivity contribution in [2.45, 2.75) is 45.4 Å². The normalized spacial score (nSPS) is 18.8. The third-order valence-corrected chi connectivity index (χ3v) is 6.19. The predicted octanol–water partition coefficient (Wildman–Crippen LogP) is 6.93. The smallest absolute Gasteiger partial charge is 0.246 e. The molecule has 0 spiro atoms. The van der Waals surface area contributed by atoms with E-state index >= 15 is 0 Å². The third kappa shape index (κ3) is 3.16. The van der Waals surface area contributed by atoms with Crippen LogP contribution >= 0.6 is 11.6 Å². The molecule has 0 unspecified atom stereocenters. The molecule has 0 bridgehead atoms. The maximum Gasteiger partial charge on any atom is 0.246 e. The fourth-order valence-corrected chi connectivity index (χ4v) is 4.33. The molecule has 0 fully saturated rings. The number of anilines is 2. The lowest BCUT2D eigenvalue weighted by molar-refractivity contribution is -0.120. The minimum Gasteiger partial charge on any atom is -0.280 e. The van der Waals surface area contributed by atoms with Gasteiger partial charge in [-0.05, 0) is 71.8 Å². The van der Waals surface area contributed by atoms with Gasteiger partial charge in [0.2, 0.25) is 5.91 Å². The summed E-state index contributed by atoms with van der Waals surface area (Å²) in [5, 5.41) is 0.639. The number of halogens is 1. The topological polar surface area (TPSA) is 20.3 Å². The van der Waals surface area contributed by atoms with Crippen molar-refractivity contribution in [3.8, 4) is 0 Å². The van der Waals surface area contributed by atoms with E-state index in [0.29, 0.717) is 5.02 Å². The lowest BCUT2D eigenvalue weighted by atomic mass is 9.76. The molecule has 1 aliphatic heterocycles. The number of hydrogen-bond acceptors (Lipinski definition) is 1. The van der Waals surface area contributed by atoms with Crippen LogP contribution in [-0.4, -0.2) is 5.91 Å². The Morgan fingerprint density at radius 3 is 2.24 bits per heavy atom. The van der Waals surface area contributed by atoms with E-state index in [9.17, 15) is 4.79 Å². The van der Waals surface area contributed by atoms with Gasteiger partial charge in [0.1, 0.15) is 0 Å². The molecule has 0 aliphatic carbocycles. The van der Waals surface area contributed by atoms with Crippen LogP contribution in [0.1, 0.15) is 49.9 Å². The molecule has 3 aromatic rings. The van der Waals surface area contributed by atoms with Gasteiger partial charge in [0.15, 0.2) is 0 Å². The van der Waals surface area contributed by atoms with Gasteiger partial charge in [-0.3, -0.25) is 9.69 Å². The number of rotatable bonds is 2. The Morgan fingerprint density at radius 2 is 1.62 bits per heavy atom. The number of carbonyl (C=O) groups excluding carboxylic acids is 1. The molecule has 0 saturated carbocycles. The highest BCUT2D eigenvalue weighted by Gasteiger charge is 2.49. The average molecular weight is 404 g/mol. The molecule has 0 radical (unpaired) electrons. The molecule has 1 amide bonds. The van der Waals surface area contributed by atoms with E-state index in [2.05, 4.69) is 45.0 Å². The Balaban J connectivity index is 1.90. The Bertz CT molecular complexity index is 1090. The Labute approximate surface area is 178 Å². The molecular formula is C26H26ClNO. The van der Waals surface area contributed by atoms with Crippen LogP contribution in [-0.2, 0) is 15.6 Å². The summed E-state index contributed by atoms with van der Waals surface area (Å²) in [7, 11) is 0. The van der Waals surface area contributed by atoms with Gasteiger partial charge in [-0.2, -0.15) is 0 Å². The Hall–Kier alpha value is -2.58. The van der Waals surface area contributed by atoms with E-state index in [1.165, 1.54) is 5.56 Å². The first-order chi connectivity index (χ1) is 13.6. The lowest BCUT2D eigenvalue weighted by Gasteiger charge is -2.27. The second kappa shape index (κ2) is 6.74. The molecular weight excluding hydrogens is 378 g/mol. The minimum atomic E-state index is -0.791. The molecule has 1 aliphatic rings. The summed E-state index contributed by atoms with van der Waals surface area (Å²) >= 11 is 6.36. The number of amides is 1. The molecule has 148 valence electrons. The summed E-state index contributed by atoms with van der Waals surface area (Å²) in [6.45, 7) is 10.6. The van der Waals surface area contributed by atoms with Gasteiger partial charge < -0.3 is 0 Å². The number of hydrogen-bond donors (Lipinski definition) is 0. The maximum atomic E-state index is 13.9. The third-order valence-electron chi connectivity index (χ3n) is 5.96. The van der Waals surface area contributed by atoms with Crippen LogP contribution in [0.15, 0.2) is 66.7 Å². The first-order valence-electron chi connectivity index (χ1n) is 9.94. The van der Waals surface area contributed by atoms with Gasteiger partial charge in [0.05, 0.1) is 11.1 Å². The van der Waals surface area contributed by atoms with E-state index < -0.39 is 5.41 Å². The molecule has 1 heterocycles. The van der Waals surface area contributed by atoms with E-state index in [1.54, 1.807) is 0 Å². The second-order valence-electron chi connectivity index (χ2n) is 9.09. The predicted molar refractivity (Wildman–Crippen MR) is 121 cm³/mol. The van der Waals surface area contributed by atoms with Crippen molar-refractivity contribution in [3.63, 3.8) is 0 Å². The van der Waals surface area contributed by atoms with Crippen LogP contribution in [0.5, 0.6) is 0 Å². The largest absolute Gasteiger partial charge is 0.280 e. The van der Waals surface area contributed by atoms with Gasteiger partial charge in [-0.25, -0.2) is 0 Å². The first kappa shape index (κ1) is 19.7. The SMILES string of the molecule is Cc1cccc(N2C(=O)[C@@](C)(c3ccc(C(C)(C)C)cc3)c3cc(Cl)ccc32)c1. The average Bonchev–Trinajstić information content (AvgIpc) is 2.89. The standard InChI is InChI=1S/C26H26ClNO/c1-17-7-6-8-21(15-17)28-23-14-13-20(27)16-22(23)26(5,24(28)29)19-11-9-18(10-12-19)25(2,3)4/h6-16H,1-5H3/t26-/m0/s1. The zero-order valence-corrected chi connectivity index (χ0v) is 18.3. The Kier molecular flexibility index (Phi) is 4.59. The molecule has 1 atom stereocenters. The molecule has 0 saturated heterocycles. The summed E-state index contributed by atoms with van der Waals surface area (Å²) in [6, 6.07) is 22.2. The van der Waals surface area contributed by atoms with Crippen LogP contribution in [0.3, 0.4) is 0 Å². The van der Waals surface area contributed by atoms with Crippen LogP contribution in [0.25, 0.3) is 0 Å². The minimum absolute atomic E-state index is 0.0453. The van der Waals surface area contributed by atoms with Crippen molar-refractivity contribution >= 4 is 28.9 Å². The van der Waals surface area contributed by atoms with Crippen LogP contribution in [0.2, 0.25) is 5.02 Å². The zero-order chi connectivity index (χ0) is 21.0. The van der Waals surface area contributed by atoms with Gasteiger partial charge in [0, 0.05) is 10.7 Å². The van der Waals surface area contributed by atoms with E-state index in [-0.39, 0.29) is 11.3 Å². The van der Waals surface area contributed by atoms with Gasteiger partial charge in [0.25, 0.3) is 0 Å². The number of carbonyl (C=O) groups is 1. The van der Waals surface area contributed by atoms with Crippen LogP contribution in [0, 0.1) is 6.92 Å². The summed E-state index contributed by atoms with van der Waals surface area (Å²) in [6.07, 6.45) is 0. The highest BCUT2D eigenvalue weighted by atomic mass is 35.5. The monoisotopic (exact) mass is 403 g/mol. The summed E-state index contributed by atoms with van der Waals surface area (Å²) in [4.78, 5) is 15.7. The van der Waals surface area contributed by atoms with Crippen LogP contribution in [0.4, 0.5) is 11.4 Å². The zero-order valence-electron chi connectivity index (χ0n) is 17.6. The summed E-state index contributed by atoms with van der Waals surface area (Å²) in [5.41, 5.74) is 5.34. The van der Waals surface area contributed by atoms with Crippen molar-refractivity contribution in [2.24, 2.45) is 0 Å². The molecule has 3 aromatic carbocycles. The van der Waals surface area contributed by atoms with Gasteiger partial charge in [-0.15, -0.1) is 0 Å². The van der Waals surface area contributed by atoms with Crippen molar-refractivity contribution in [3.05, 3.63) is 94.0 Å². The first-order valence-corrected chi connectivity index (χ1v) is 10.3. The Morgan fingerprint density at radius 1 is 0.931 bits per heavy atom. The maximum absolute atomic E-state index is 13.9. The summed E-state index contributed by atoms with van der Waals surface area (Å²) < 4.78 is 0. The lowest BCUT2D eigenvalue weighted by Crippen LogP contribution is -2.36. The second-order valence-corrected chi connectivity index (χ2v) is 9.53. The van der Waals surface area contributed by atoms with Crippen molar-refractivity contribution in [1.29, 1.82) is 0 Å². The number of aryl methyl sites for hydroxylation is 1. The van der Waals surface area contributed by atoms with E-state index in [4.69, 9.17) is 11.6 Å². The van der Waals surface area contributed by atoms with E-state index in [0.717, 1.165) is 28.1 Å². The van der Waals surface area contributed by atoms with E-state index in [1.807, 2.05) is 61.2 Å². The number of benzene rings is 3. The molecule has 29 heavy (non-hydrogen) atoms. The van der Waals surface area contributed by atoms with Crippen molar-refractivity contribution in [1.82, 2.24) is 0 Å². The molecule has 0 aromatic heterocycles.